The molecule has 0 saturated carbocycles. The van der Waals surface area contributed by atoms with Crippen LogP contribution in [0.4, 0.5) is 10.6 Å². The summed E-state index contributed by atoms with van der Waals surface area (Å²) >= 11 is 5.94. The molecule has 0 aliphatic carbocycles. The number of carbonyl (C=O) groups excluding carboxylic acids is 2. The minimum absolute atomic E-state index is 0.0154. The summed E-state index contributed by atoms with van der Waals surface area (Å²) in [5.41, 5.74) is -0.508. The van der Waals surface area contributed by atoms with Crippen molar-refractivity contribution in [3.63, 3.8) is 0 Å². The summed E-state index contributed by atoms with van der Waals surface area (Å²) in [5, 5.41) is 0.422. The van der Waals surface area contributed by atoms with Crippen molar-refractivity contribution in [2.75, 3.05) is 44.2 Å². The van der Waals surface area contributed by atoms with Crippen LogP contribution < -0.4 is 4.90 Å². The molecule has 1 aromatic rings. The first-order valence-corrected chi connectivity index (χ1v) is 10.1. The highest BCUT2D eigenvalue weighted by molar-refractivity contribution is 6.29. The lowest BCUT2D eigenvalue weighted by atomic mass is 9.95. The maximum Gasteiger partial charge on any atom is 0.410 e. The highest BCUT2D eigenvalue weighted by atomic mass is 35.5. The molecule has 8 nitrogen and oxygen atoms in total. The Kier molecular flexibility index (Phi) is 6.27. The Hall–Kier alpha value is -2.09. The van der Waals surface area contributed by atoms with Crippen molar-refractivity contribution in [1.29, 1.82) is 0 Å². The maximum atomic E-state index is 12.9. The van der Waals surface area contributed by atoms with E-state index in [0.717, 1.165) is 31.7 Å². The van der Waals surface area contributed by atoms with E-state index in [0.29, 0.717) is 31.3 Å². The van der Waals surface area contributed by atoms with E-state index >= 15 is 0 Å². The summed E-state index contributed by atoms with van der Waals surface area (Å²) < 4.78 is 5.41. The number of rotatable bonds is 2. The number of carbonyl (C=O) groups is 2. The number of nitrogens with zero attached hydrogens (tertiary/aromatic N) is 5. The van der Waals surface area contributed by atoms with Crippen LogP contribution in [0.2, 0.25) is 5.15 Å². The van der Waals surface area contributed by atoms with Crippen LogP contribution in [0.25, 0.3) is 0 Å². The van der Waals surface area contributed by atoms with Gasteiger partial charge in [0.1, 0.15) is 22.9 Å². The molecule has 0 N–H and O–H groups in total. The van der Waals surface area contributed by atoms with Gasteiger partial charge in [0.2, 0.25) is 5.91 Å². The maximum absolute atomic E-state index is 12.9. The van der Waals surface area contributed by atoms with Crippen LogP contribution in [-0.4, -0.2) is 76.6 Å². The predicted octanol–water partition coefficient (Wildman–Crippen LogP) is 2.43. The zero-order valence-electron chi connectivity index (χ0n) is 16.7. The third kappa shape index (κ3) is 5.25. The zero-order chi connectivity index (χ0) is 20.3. The number of piperazine rings is 1. The van der Waals surface area contributed by atoms with Gasteiger partial charge < -0.3 is 19.4 Å². The molecule has 0 spiro atoms. The van der Waals surface area contributed by atoms with Crippen molar-refractivity contribution in [1.82, 2.24) is 19.8 Å². The smallest absolute Gasteiger partial charge is 0.410 e. The van der Waals surface area contributed by atoms with E-state index in [2.05, 4.69) is 14.9 Å². The van der Waals surface area contributed by atoms with E-state index < -0.39 is 5.60 Å². The predicted molar refractivity (Wildman–Crippen MR) is 106 cm³/mol. The second-order valence-electron chi connectivity index (χ2n) is 8.25. The summed E-state index contributed by atoms with van der Waals surface area (Å²) in [6.07, 6.45) is 2.72. The van der Waals surface area contributed by atoms with E-state index in [1.54, 1.807) is 11.0 Å². The highest BCUT2D eigenvalue weighted by Gasteiger charge is 2.32. The van der Waals surface area contributed by atoms with E-state index in [-0.39, 0.29) is 17.9 Å². The van der Waals surface area contributed by atoms with Crippen molar-refractivity contribution in [2.24, 2.45) is 5.92 Å². The molecular formula is C19H28ClN5O3. The van der Waals surface area contributed by atoms with Crippen LogP contribution in [0.1, 0.15) is 33.6 Å². The third-order valence-corrected chi connectivity index (χ3v) is 5.24. The number of hydrogen-bond acceptors (Lipinski definition) is 6. The lowest BCUT2D eigenvalue weighted by molar-refractivity contribution is -0.138. The fourth-order valence-corrected chi connectivity index (χ4v) is 3.69. The number of amides is 2. The summed E-state index contributed by atoms with van der Waals surface area (Å²) in [6.45, 7) is 9.23. The highest BCUT2D eigenvalue weighted by Crippen LogP contribution is 2.25. The normalized spacial score (nSPS) is 18.9. The van der Waals surface area contributed by atoms with Crippen LogP contribution in [-0.2, 0) is 9.53 Å². The molecule has 2 saturated heterocycles. The number of ether oxygens (including phenoxy) is 1. The molecule has 1 aromatic heterocycles. The Bertz CT molecular complexity index is 708. The molecule has 3 rings (SSSR count). The molecule has 28 heavy (non-hydrogen) atoms. The average Bonchev–Trinajstić information content (AvgIpc) is 2.66. The molecule has 2 aliphatic heterocycles. The van der Waals surface area contributed by atoms with Gasteiger partial charge in [-0.05, 0) is 33.6 Å². The molecule has 2 aliphatic rings. The molecule has 2 amide bonds. The molecule has 9 heteroatoms. The standard InChI is InChI=1S/C19H28ClN5O3/c1-19(2,3)28-18(27)25-10-8-24(9-11-25)17(26)14-4-6-23(7-5-14)16-12-15(20)21-13-22-16/h12-14H,4-11H2,1-3H3. The van der Waals surface area contributed by atoms with Gasteiger partial charge in [-0.15, -0.1) is 0 Å². The van der Waals surface area contributed by atoms with E-state index in [1.165, 1.54) is 6.33 Å². The topological polar surface area (TPSA) is 78.9 Å². The van der Waals surface area contributed by atoms with Gasteiger partial charge in [-0.3, -0.25) is 4.79 Å². The summed E-state index contributed by atoms with van der Waals surface area (Å²) in [7, 11) is 0. The molecule has 2 fully saturated rings. The van der Waals surface area contributed by atoms with E-state index in [9.17, 15) is 9.59 Å². The lowest BCUT2D eigenvalue weighted by Crippen LogP contribution is -2.53. The van der Waals surface area contributed by atoms with Gasteiger partial charge in [0.25, 0.3) is 0 Å². The molecule has 0 unspecified atom stereocenters. The van der Waals surface area contributed by atoms with Crippen LogP contribution in [0.3, 0.4) is 0 Å². The number of hydrogen-bond donors (Lipinski definition) is 0. The lowest BCUT2D eigenvalue weighted by Gasteiger charge is -2.39. The van der Waals surface area contributed by atoms with Gasteiger partial charge in [-0.1, -0.05) is 11.6 Å². The second-order valence-corrected chi connectivity index (χ2v) is 8.64. The van der Waals surface area contributed by atoms with Crippen LogP contribution in [0.15, 0.2) is 12.4 Å². The fourth-order valence-electron chi connectivity index (χ4n) is 3.55. The van der Waals surface area contributed by atoms with Gasteiger partial charge in [-0.2, -0.15) is 0 Å². The number of halogens is 1. The van der Waals surface area contributed by atoms with E-state index in [1.807, 2.05) is 25.7 Å². The fraction of sp³-hybridized carbons (Fsp3) is 0.684. The Labute approximate surface area is 170 Å². The summed E-state index contributed by atoms with van der Waals surface area (Å²) in [6, 6.07) is 1.75. The number of aromatic nitrogens is 2. The Morgan fingerprint density at radius 3 is 2.21 bits per heavy atom. The molecule has 154 valence electrons. The third-order valence-electron chi connectivity index (χ3n) is 5.03. The van der Waals surface area contributed by atoms with Crippen molar-refractivity contribution in [3.05, 3.63) is 17.5 Å². The van der Waals surface area contributed by atoms with Crippen molar-refractivity contribution in [3.8, 4) is 0 Å². The SMILES string of the molecule is CC(C)(C)OC(=O)N1CCN(C(=O)C2CCN(c3cc(Cl)ncn3)CC2)CC1. The molecule has 3 heterocycles. The summed E-state index contributed by atoms with van der Waals surface area (Å²) in [5.74, 6) is 1.00. The van der Waals surface area contributed by atoms with Crippen LogP contribution in [0.5, 0.6) is 0 Å². The molecular weight excluding hydrogens is 382 g/mol. The molecule has 0 bridgehead atoms. The van der Waals surface area contributed by atoms with Crippen LogP contribution in [0, 0.1) is 5.92 Å². The minimum atomic E-state index is -0.508. The first kappa shape index (κ1) is 20.6. The Balaban J connectivity index is 1.47. The Morgan fingerprint density at radius 2 is 1.64 bits per heavy atom. The van der Waals surface area contributed by atoms with Crippen molar-refractivity contribution < 1.29 is 14.3 Å². The van der Waals surface area contributed by atoms with Crippen LogP contribution >= 0.6 is 11.6 Å². The molecule has 0 aromatic carbocycles. The minimum Gasteiger partial charge on any atom is -0.444 e. The van der Waals surface area contributed by atoms with Gasteiger partial charge in [0.05, 0.1) is 0 Å². The van der Waals surface area contributed by atoms with E-state index in [4.69, 9.17) is 16.3 Å². The van der Waals surface area contributed by atoms with Gasteiger partial charge in [0.15, 0.2) is 0 Å². The molecule has 0 atom stereocenters. The van der Waals surface area contributed by atoms with Crippen molar-refractivity contribution in [2.45, 2.75) is 39.2 Å². The zero-order valence-corrected chi connectivity index (χ0v) is 17.5. The van der Waals surface area contributed by atoms with Gasteiger partial charge in [0, 0.05) is 51.3 Å². The average molecular weight is 410 g/mol. The largest absolute Gasteiger partial charge is 0.444 e. The van der Waals surface area contributed by atoms with Crippen molar-refractivity contribution >= 4 is 29.4 Å². The second kappa shape index (κ2) is 8.51. The number of piperidine rings is 1. The Morgan fingerprint density at radius 1 is 1.04 bits per heavy atom. The quantitative estimate of drug-likeness (QED) is 0.698. The monoisotopic (exact) mass is 409 g/mol. The van der Waals surface area contributed by atoms with Gasteiger partial charge >= 0.3 is 6.09 Å². The first-order chi connectivity index (χ1) is 13.2. The first-order valence-electron chi connectivity index (χ1n) is 9.72. The molecule has 0 radical (unpaired) electrons. The number of anilines is 1. The van der Waals surface area contributed by atoms with Gasteiger partial charge in [-0.25, -0.2) is 14.8 Å². The summed E-state index contributed by atoms with van der Waals surface area (Å²) in [4.78, 5) is 38.9.